The molecule has 0 aromatic rings. The van der Waals surface area contributed by atoms with E-state index in [1.807, 2.05) is 13.8 Å². The molecule has 0 aromatic carbocycles. The van der Waals surface area contributed by atoms with Crippen molar-refractivity contribution in [3.05, 3.63) is 0 Å². The molecule has 0 spiro atoms. The molecular formula is C4H14N2S. The summed E-state index contributed by atoms with van der Waals surface area (Å²) in [5.74, 6) is 1.87. The van der Waals surface area contributed by atoms with Crippen LogP contribution < -0.4 is 10.3 Å². The maximum atomic E-state index is 5.58. The molecule has 0 bridgehead atoms. The van der Waals surface area contributed by atoms with Crippen LogP contribution >= 0.6 is 10.4 Å². The van der Waals surface area contributed by atoms with Crippen LogP contribution in [0.25, 0.3) is 0 Å². The molecule has 3 heteroatoms. The zero-order valence-corrected chi connectivity index (χ0v) is 5.79. The van der Waals surface area contributed by atoms with Crippen molar-refractivity contribution >= 4 is 10.4 Å². The Morgan fingerprint density at radius 1 is 1.14 bits per heavy atom. The van der Waals surface area contributed by atoms with Crippen molar-refractivity contribution in [1.82, 2.24) is 0 Å². The molecule has 0 saturated carbocycles. The summed E-state index contributed by atoms with van der Waals surface area (Å²) in [6, 6.07) is 0. The Hall–Kier alpha value is 0.270. The van der Waals surface area contributed by atoms with Gasteiger partial charge in [-0.05, 0) is 11.5 Å². The minimum Gasteiger partial charge on any atom is -0.284 e. The van der Waals surface area contributed by atoms with Gasteiger partial charge in [-0.25, -0.2) is 0 Å². The van der Waals surface area contributed by atoms with E-state index in [-0.39, 0.29) is 0 Å². The molecule has 0 unspecified atom stereocenters. The Labute approximate surface area is 46.8 Å². The third-order valence-corrected chi connectivity index (χ3v) is 3.22. The van der Waals surface area contributed by atoms with E-state index in [0.29, 0.717) is 0 Å². The molecular weight excluding hydrogens is 108 g/mol. The summed E-state index contributed by atoms with van der Waals surface area (Å²) < 4.78 is 0. The zero-order chi connectivity index (χ0) is 5.91. The van der Waals surface area contributed by atoms with E-state index in [9.17, 15) is 0 Å². The molecule has 0 heterocycles. The van der Waals surface area contributed by atoms with Gasteiger partial charge in [0.25, 0.3) is 0 Å². The van der Waals surface area contributed by atoms with E-state index >= 15 is 0 Å². The summed E-state index contributed by atoms with van der Waals surface area (Å²) in [6.07, 6.45) is 0. The number of hydrogen-bond donors (Lipinski definition) is 2. The highest BCUT2D eigenvalue weighted by Crippen LogP contribution is 2.26. The first kappa shape index (κ1) is 7.27. The number of nitrogens with two attached hydrogens (primary N) is 2. The van der Waals surface area contributed by atoms with Gasteiger partial charge in [0.05, 0.1) is 0 Å². The Morgan fingerprint density at radius 3 is 1.43 bits per heavy atom. The fourth-order valence-electron chi connectivity index (χ4n) is 0.204. The molecule has 2 nitrogen and oxygen atoms in total. The lowest BCUT2D eigenvalue weighted by atomic mass is 11.0. The van der Waals surface area contributed by atoms with Gasteiger partial charge in [0.15, 0.2) is 0 Å². The highest BCUT2D eigenvalue weighted by molar-refractivity contribution is 8.30. The quantitative estimate of drug-likeness (QED) is 0.563. The third-order valence-electron chi connectivity index (χ3n) is 1.07. The summed E-state index contributed by atoms with van der Waals surface area (Å²) >= 11 is 0. The lowest BCUT2D eigenvalue weighted by molar-refractivity contribution is 1.37. The third kappa shape index (κ3) is 2.91. The summed E-state index contributed by atoms with van der Waals surface area (Å²) in [7, 11) is -1.16. The largest absolute Gasteiger partial charge is 0.284 e. The average Bonchev–Trinajstić information content (AvgIpc) is 1.68. The van der Waals surface area contributed by atoms with Crippen molar-refractivity contribution in [2.45, 2.75) is 13.8 Å². The van der Waals surface area contributed by atoms with Gasteiger partial charge in [0, 0.05) is 0 Å². The standard InChI is InChI=1S/C4H14N2S/c1-3-7(5,6)4-2/h3-6H2,1-2H3. The predicted molar refractivity (Wildman–Crippen MR) is 37.0 cm³/mol. The first-order chi connectivity index (χ1) is 3.12. The maximum Gasteiger partial charge on any atom is -0.00193 e. The lowest BCUT2D eigenvalue weighted by Crippen LogP contribution is -2.23. The zero-order valence-electron chi connectivity index (χ0n) is 4.98. The van der Waals surface area contributed by atoms with Gasteiger partial charge in [-0.15, -0.1) is 10.4 Å². The molecule has 0 aromatic heterocycles. The Kier molecular flexibility index (Phi) is 2.64. The predicted octanol–water partition coefficient (Wildman–Crippen LogP) is 0.578. The molecule has 0 aliphatic rings. The summed E-state index contributed by atoms with van der Waals surface area (Å²) in [4.78, 5) is 0. The van der Waals surface area contributed by atoms with Crippen LogP contribution in [0.15, 0.2) is 0 Å². The first-order valence-corrected chi connectivity index (χ1v) is 4.56. The molecule has 0 radical (unpaired) electrons. The second kappa shape index (κ2) is 2.55. The van der Waals surface area contributed by atoms with E-state index in [0.717, 1.165) is 11.5 Å². The van der Waals surface area contributed by atoms with Crippen molar-refractivity contribution in [3.8, 4) is 0 Å². The van der Waals surface area contributed by atoms with Gasteiger partial charge in [-0.3, -0.25) is 10.3 Å². The minimum absolute atomic E-state index is 0.934. The van der Waals surface area contributed by atoms with E-state index < -0.39 is 10.4 Å². The van der Waals surface area contributed by atoms with Crippen molar-refractivity contribution in [2.24, 2.45) is 10.3 Å². The van der Waals surface area contributed by atoms with Crippen molar-refractivity contribution < 1.29 is 0 Å². The van der Waals surface area contributed by atoms with Gasteiger partial charge in [-0.1, -0.05) is 13.8 Å². The van der Waals surface area contributed by atoms with Crippen molar-refractivity contribution in [2.75, 3.05) is 11.5 Å². The van der Waals surface area contributed by atoms with E-state index in [1.165, 1.54) is 0 Å². The maximum absolute atomic E-state index is 5.58. The van der Waals surface area contributed by atoms with Crippen LogP contribution in [0, 0.1) is 0 Å². The van der Waals surface area contributed by atoms with Crippen molar-refractivity contribution in [3.63, 3.8) is 0 Å². The SMILES string of the molecule is CCS(N)(N)CC. The van der Waals surface area contributed by atoms with Crippen LogP contribution in [0.2, 0.25) is 0 Å². The second-order valence-corrected chi connectivity index (χ2v) is 4.75. The normalized spacial score (nSPS) is 14.3. The molecule has 0 fully saturated rings. The van der Waals surface area contributed by atoms with Crippen LogP contribution in [0.3, 0.4) is 0 Å². The summed E-state index contributed by atoms with van der Waals surface area (Å²) in [5, 5.41) is 11.2. The van der Waals surface area contributed by atoms with Crippen LogP contribution in [0.4, 0.5) is 0 Å². The van der Waals surface area contributed by atoms with Gasteiger partial charge >= 0.3 is 0 Å². The fourth-order valence-corrected chi connectivity index (χ4v) is 0.612. The number of rotatable bonds is 2. The summed E-state index contributed by atoms with van der Waals surface area (Å²) in [6.45, 7) is 4.05. The molecule has 0 aliphatic heterocycles. The lowest BCUT2D eigenvalue weighted by Gasteiger charge is -2.26. The van der Waals surface area contributed by atoms with Gasteiger partial charge < -0.3 is 0 Å². The van der Waals surface area contributed by atoms with E-state index in [4.69, 9.17) is 10.3 Å². The van der Waals surface area contributed by atoms with E-state index in [2.05, 4.69) is 0 Å². The van der Waals surface area contributed by atoms with Gasteiger partial charge in [0.1, 0.15) is 0 Å². The molecule has 0 saturated heterocycles. The number of hydrogen-bond acceptors (Lipinski definition) is 2. The van der Waals surface area contributed by atoms with E-state index in [1.54, 1.807) is 0 Å². The molecule has 7 heavy (non-hydrogen) atoms. The molecule has 4 N–H and O–H groups in total. The Bertz CT molecular complexity index is 47.7. The topological polar surface area (TPSA) is 52.0 Å². The molecule has 0 rings (SSSR count). The Morgan fingerprint density at radius 2 is 1.43 bits per heavy atom. The van der Waals surface area contributed by atoms with Crippen LogP contribution in [0.5, 0.6) is 0 Å². The molecule has 0 atom stereocenters. The van der Waals surface area contributed by atoms with Gasteiger partial charge in [0.2, 0.25) is 0 Å². The Balaban J connectivity index is 3.36. The monoisotopic (exact) mass is 122 g/mol. The molecule has 46 valence electrons. The average molecular weight is 122 g/mol. The molecule has 0 aliphatic carbocycles. The highest BCUT2D eigenvalue weighted by atomic mass is 32.3. The van der Waals surface area contributed by atoms with Crippen molar-refractivity contribution in [1.29, 1.82) is 0 Å². The van der Waals surface area contributed by atoms with Crippen LogP contribution in [-0.4, -0.2) is 11.5 Å². The smallest absolute Gasteiger partial charge is 0.00193 e. The summed E-state index contributed by atoms with van der Waals surface area (Å²) in [5.41, 5.74) is 0. The van der Waals surface area contributed by atoms with Crippen LogP contribution in [0.1, 0.15) is 13.8 Å². The van der Waals surface area contributed by atoms with Crippen LogP contribution in [-0.2, 0) is 0 Å². The van der Waals surface area contributed by atoms with Gasteiger partial charge in [-0.2, -0.15) is 0 Å². The fraction of sp³-hybridized carbons (Fsp3) is 1.00. The molecule has 0 amide bonds. The second-order valence-electron chi connectivity index (χ2n) is 1.58. The minimum atomic E-state index is -1.16. The first-order valence-electron chi connectivity index (χ1n) is 2.46. The highest BCUT2D eigenvalue weighted by Gasteiger charge is 2.02.